The summed E-state index contributed by atoms with van der Waals surface area (Å²) >= 11 is 5.83. The molecule has 3 rings (SSSR count). The molecule has 0 fully saturated rings. The molecule has 0 saturated carbocycles. The lowest BCUT2D eigenvalue weighted by Crippen LogP contribution is -2.00. The largest absolute Gasteiger partial charge is 0.452 e. The number of nitrogens with zero attached hydrogens (tertiary/aromatic N) is 2. The lowest BCUT2D eigenvalue weighted by molar-refractivity contribution is -0.139. The molecule has 0 amide bonds. The zero-order chi connectivity index (χ0) is 16.8. The number of hydrogen-bond donors (Lipinski definition) is 0. The first-order chi connectivity index (χ1) is 11.7. The zero-order valence-electron chi connectivity index (χ0n) is 12.6. The van der Waals surface area contributed by atoms with Crippen molar-refractivity contribution in [2.24, 2.45) is 0 Å². The van der Waals surface area contributed by atoms with Crippen LogP contribution in [0.2, 0.25) is 5.02 Å². The van der Waals surface area contributed by atoms with Crippen LogP contribution < -0.4 is 0 Å². The minimum atomic E-state index is -0.481. The van der Waals surface area contributed by atoms with Crippen LogP contribution in [-0.4, -0.2) is 16.2 Å². The topological polar surface area (TPSA) is 65.2 Å². The molecule has 0 radical (unpaired) electrons. The van der Waals surface area contributed by atoms with Gasteiger partial charge in [0.15, 0.2) is 6.61 Å². The first kappa shape index (κ1) is 16.0. The number of rotatable bonds is 5. The summed E-state index contributed by atoms with van der Waals surface area (Å²) in [6.07, 6.45) is 3.03. The Bertz CT molecular complexity index is 842. The first-order valence-corrected chi connectivity index (χ1v) is 7.57. The van der Waals surface area contributed by atoms with Gasteiger partial charge in [0.05, 0.1) is 0 Å². The number of halogens is 1. The number of aromatic nitrogens is 2. The van der Waals surface area contributed by atoms with Gasteiger partial charge in [0.2, 0.25) is 5.89 Å². The van der Waals surface area contributed by atoms with Gasteiger partial charge in [-0.3, -0.25) is 0 Å². The molecular formula is C18H13ClN2O3. The van der Waals surface area contributed by atoms with Crippen molar-refractivity contribution >= 4 is 23.6 Å². The number of ether oxygens (including phenoxy) is 1. The molecule has 3 aromatic rings. The van der Waals surface area contributed by atoms with Crippen molar-refractivity contribution in [2.45, 2.75) is 6.61 Å². The van der Waals surface area contributed by atoms with Crippen molar-refractivity contribution in [3.63, 3.8) is 0 Å². The Hall–Kier alpha value is -2.92. The molecule has 24 heavy (non-hydrogen) atoms. The lowest BCUT2D eigenvalue weighted by Gasteiger charge is -1.97. The maximum Gasteiger partial charge on any atom is 0.331 e. The Morgan fingerprint density at radius 1 is 1.08 bits per heavy atom. The Morgan fingerprint density at radius 3 is 2.58 bits per heavy atom. The van der Waals surface area contributed by atoms with E-state index in [0.29, 0.717) is 10.9 Å². The van der Waals surface area contributed by atoms with Crippen molar-refractivity contribution in [3.8, 4) is 11.5 Å². The van der Waals surface area contributed by atoms with E-state index in [1.54, 1.807) is 30.3 Å². The Labute approximate surface area is 143 Å². The molecule has 0 spiro atoms. The highest BCUT2D eigenvalue weighted by molar-refractivity contribution is 6.30. The van der Waals surface area contributed by atoms with Crippen LogP contribution in [0.25, 0.3) is 17.5 Å². The van der Waals surface area contributed by atoms with Crippen molar-refractivity contribution in [3.05, 3.63) is 77.2 Å². The maximum atomic E-state index is 11.7. The SMILES string of the molecule is O=C(C=Cc1ccccc1)OCc1nnc(-c2ccc(Cl)cc2)o1. The van der Waals surface area contributed by atoms with Crippen LogP contribution in [0.1, 0.15) is 11.5 Å². The quantitative estimate of drug-likeness (QED) is 0.515. The van der Waals surface area contributed by atoms with Crippen LogP contribution in [0, 0.1) is 0 Å². The second kappa shape index (κ2) is 7.57. The summed E-state index contributed by atoms with van der Waals surface area (Å²) < 4.78 is 10.5. The van der Waals surface area contributed by atoms with Gasteiger partial charge in [-0.05, 0) is 35.9 Å². The molecule has 1 aromatic heterocycles. The summed E-state index contributed by atoms with van der Waals surface area (Å²) in [4.78, 5) is 11.7. The number of hydrogen-bond acceptors (Lipinski definition) is 5. The zero-order valence-corrected chi connectivity index (χ0v) is 13.3. The van der Waals surface area contributed by atoms with Crippen molar-refractivity contribution in [1.82, 2.24) is 10.2 Å². The molecule has 0 atom stereocenters. The normalized spacial score (nSPS) is 10.9. The van der Waals surface area contributed by atoms with Crippen LogP contribution in [0.5, 0.6) is 0 Å². The van der Waals surface area contributed by atoms with E-state index in [1.807, 2.05) is 30.3 Å². The van der Waals surface area contributed by atoms with Crippen LogP contribution in [0.15, 0.2) is 65.1 Å². The number of benzene rings is 2. The molecular weight excluding hydrogens is 328 g/mol. The third kappa shape index (κ3) is 4.30. The van der Waals surface area contributed by atoms with Crippen LogP contribution in [0.4, 0.5) is 0 Å². The lowest BCUT2D eigenvalue weighted by atomic mass is 10.2. The average molecular weight is 341 g/mol. The third-order valence-electron chi connectivity index (χ3n) is 3.11. The molecule has 0 aliphatic rings. The van der Waals surface area contributed by atoms with Crippen molar-refractivity contribution in [2.75, 3.05) is 0 Å². The molecule has 0 N–H and O–H groups in total. The summed E-state index contributed by atoms with van der Waals surface area (Å²) in [5.41, 5.74) is 1.66. The first-order valence-electron chi connectivity index (χ1n) is 7.19. The highest BCUT2D eigenvalue weighted by Crippen LogP contribution is 2.20. The molecule has 0 bridgehead atoms. The highest BCUT2D eigenvalue weighted by atomic mass is 35.5. The van der Waals surface area contributed by atoms with Gasteiger partial charge >= 0.3 is 5.97 Å². The minimum absolute atomic E-state index is 0.0848. The van der Waals surface area contributed by atoms with E-state index >= 15 is 0 Å². The van der Waals surface area contributed by atoms with E-state index in [2.05, 4.69) is 10.2 Å². The van der Waals surface area contributed by atoms with Gasteiger partial charge in [-0.2, -0.15) is 0 Å². The molecule has 0 aliphatic heterocycles. The van der Waals surface area contributed by atoms with E-state index in [4.69, 9.17) is 20.8 Å². The molecule has 6 heteroatoms. The van der Waals surface area contributed by atoms with Gasteiger partial charge in [-0.25, -0.2) is 4.79 Å². The second-order valence-electron chi connectivity index (χ2n) is 4.86. The van der Waals surface area contributed by atoms with Gasteiger partial charge in [0, 0.05) is 16.7 Å². The minimum Gasteiger partial charge on any atom is -0.452 e. The van der Waals surface area contributed by atoms with Gasteiger partial charge in [0.25, 0.3) is 5.89 Å². The van der Waals surface area contributed by atoms with Crippen LogP contribution in [-0.2, 0) is 16.1 Å². The van der Waals surface area contributed by atoms with Crippen molar-refractivity contribution < 1.29 is 13.9 Å². The smallest absolute Gasteiger partial charge is 0.331 e. The number of esters is 1. The summed E-state index contributed by atoms with van der Waals surface area (Å²) in [6, 6.07) is 16.5. The number of carbonyl (C=O) groups excluding carboxylic acids is 1. The standard InChI is InChI=1S/C18H13ClN2O3/c19-15-9-7-14(8-10-15)18-21-20-16(24-18)12-23-17(22)11-6-13-4-2-1-3-5-13/h1-11H,12H2. The fourth-order valence-corrected chi connectivity index (χ4v) is 2.06. The average Bonchev–Trinajstić information content (AvgIpc) is 3.09. The van der Waals surface area contributed by atoms with Gasteiger partial charge in [0.1, 0.15) is 0 Å². The van der Waals surface area contributed by atoms with Gasteiger partial charge < -0.3 is 9.15 Å². The van der Waals surface area contributed by atoms with Crippen LogP contribution >= 0.6 is 11.6 Å². The monoisotopic (exact) mass is 340 g/mol. The van der Waals surface area contributed by atoms with Crippen LogP contribution in [0.3, 0.4) is 0 Å². The van der Waals surface area contributed by atoms with E-state index < -0.39 is 5.97 Å². The van der Waals surface area contributed by atoms with E-state index in [1.165, 1.54) is 6.08 Å². The fourth-order valence-electron chi connectivity index (χ4n) is 1.93. The summed E-state index contributed by atoms with van der Waals surface area (Å²) in [6.45, 7) is -0.0848. The maximum absolute atomic E-state index is 11.7. The Morgan fingerprint density at radius 2 is 1.83 bits per heavy atom. The van der Waals surface area contributed by atoms with Gasteiger partial charge in [-0.15, -0.1) is 10.2 Å². The predicted molar refractivity (Wildman–Crippen MR) is 90.0 cm³/mol. The van der Waals surface area contributed by atoms with Gasteiger partial charge in [-0.1, -0.05) is 41.9 Å². The fraction of sp³-hybridized carbons (Fsp3) is 0.0556. The Kier molecular flexibility index (Phi) is 5.03. The van der Waals surface area contributed by atoms with Crippen molar-refractivity contribution in [1.29, 1.82) is 0 Å². The van der Waals surface area contributed by atoms with E-state index in [-0.39, 0.29) is 12.5 Å². The molecule has 0 unspecified atom stereocenters. The number of carbonyl (C=O) groups is 1. The molecule has 120 valence electrons. The molecule has 2 aromatic carbocycles. The molecule has 1 heterocycles. The highest BCUT2D eigenvalue weighted by Gasteiger charge is 2.10. The second-order valence-corrected chi connectivity index (χ2v) is 5.30. The van der Waals surface area contributed by atoms with E-state index in [0.717, 1.165) is 11.1 Å². The Balaban J connectivity index is 1.56. The summed E-state index contributed by atoms with van der Waals surface area (Å²) in [7, 11) is 0. The third-order valence-corrected chi connectivity index (χ3v) is 3.36. The molecule has 0 saturated heterocycles. The summed E-state index contributed by atoms with van der Waals surface area (Å²) in [5.74, 6) is 0.0871. The predicted octanol–water partition coefficient (Wildman–Crippen LogP) is 4.15. The van der Waals surface area contributed by atoms with E-state index in [9.17, 15) is 4.79 Å². The molecule has 5 nitrogen and oxygen atoms in total. The summed E-state index contributed by atoms with van der Waals surface area (Å²) in [5, 5.41) is 8.40. The molecule has 0 aliphatic carbocycles.